The Morgan fingerprint density at radius 3 is 3.00 bits per heavy atom. The molecule has 1 heterocycles. The van der Waals surface area contributed by atoms with Gasteiger partial charge in [0.25, 0.3) is 0 Å². The van der Waals surface area contributed by atoms with Crippen LogP contribution in [0.1, 0.15) is 42.8 Å². The SMILES string of the molecule is Cc1nc(CN(C)CC2CCCCCC2=O)cs1. The van der Waals surface area contributed by atoms with Crippen LogP contribution in [-0.4, -0.2) is 29.3 Å². The molecule has 1 atom stereocenters. The number of hydrogen-bond donors (Lipinski definition) is 0. The largest absolute Gasteiger partial charge is 0.300 e. The summed E-state index contributed by atoms with van der Waals surface area (Å²) in [7, 11) is 2.09. The van der Waals surface area contributed by atoms with E-state index in [-0.39, 0.29) is 5.92 Å². The molecular formula is C14H22N2OS. The number of Topliss-reactive ketones (excluding diaryl/α,β-unsaturated/α-hetero) is 1. The third-order valence-corrected chi connectivity index (χ3v) is 4.38. The number of ketones is 1. The summed E-state index contributed by atoms with van der Waals surface area (Å²) in [5, 5.41) is 3.23. The molecule has 0 spiro atoms. The first-order valence-electron chi connectivity index (χ1n) is 6.77. The van der Waals surface area contributed by atoms with Gasteiger partial charge in [-0.05, 0) is 26.8 Å². The molecule has 0 radical (unpaired) electrons. The van der Waals surface area contributed by atoms with Gasteiger partial charge in [0.05, 0.1) is 10.7 Å². The average molecular weight is 266 g/mol. The highest BCUT2D eigenvalue weighted by Gasteiger charge is 2.22. The van der Waals surface area contributed by atoms with Gasteiger partial charge < -0.3 is 0 Å². The maximum absolute atomic E-state index is 12.0. The number of carbonyl (C=O) groups is 1. The van der Waals surface area contributed by atoms with Crippen molar-refractivity contribution >= 4 is 17.1 Å². The molecule has 1 unspecified atom stereocenters. The Labute approximate surface area is 113 Å². The van der Waals surface area contributed by atoms with Crippen LogP contribution in [0.3, 0.4) is 0 Å². The lowest BCUT2D eigenvalue weighted by Gasteiger charge is -2.21. The van der Waals surface area contributed by atoms with Gasteiger partial charge in [-0.15, -0.1) is 11.3 Å². The lowest BCUT2D eigenvalue weighted by atomic mass is 9.98. The molecule has 1 fully saturated rings. The minimum absolute atomic E-state index is 0.247. The second kappa shape index (κ2) is 6.43. The molecule has 1 aromatic heterocycles. The number of rotatable bonds is 4. The van der Waals surface area contributed by atoms with E-state index in [0.29, 0.717) is 5.78 Å². The molecular weight excluding hydrogens is 244 g/mol. The molecule has 1 aliphatic rings. The summed E-state index contributed by atoms with van der Waals surface area (Å²) in [4.78, 5) is 18.7. The Balaban J connectivity index is 1.85. The van der Waals surface area contributed by atoms with Crippen molar-refractivity contribution in [2.24, 2.45) is 5.92 Å². The van der Waals surface area contributed by atoms with E-state index in [4.69, 9.17) is 0 Å². The maximum atomic E-state index is 12.0. The van der Waals surface area contributed by atoms with E-state index in [0.717, 1.165) is 43.1 Å². The van der Waals surface area contributed by atoms with Gasteiger partial charge in [-0.25, -0.2) is 4.98 Å². The molecule has 18 heavy (non-hydrogen) atoms. The van der Waals surface area contributed by atoms with Crippen LogP contribution in [0.2, 0.25) is 0 Å². The molecule has 1 saturated carbocycles. The van der Waals surface area contributed by atoms with Crippen molar-refractivity contribution in [1.82, 2.24) is 9.88 Å². The molecule has 1 aliphatic carbocycles. The van der Waals surface area contributed by atoms with Crippen molar-refractivity contribution in [2.75, 3.05) is 13.6 Å². The normalized spacial score (nSPS) is 21.3. The van der Waals surface area contributed by atoms with E-state index in [1.54, 1.807) is 11.3 Å². The predicted octanol–water partition coefficient (Wildman–Crippen LogP) is 3.03. The summed E-state index contributed by atoms with van der Waals surface area (Å²) < 4.78 is 0. The highest BCUT2D eigenvalue weighted by atomic mass is 32.1. The predicted molar refractivity (Wildman–Crippen MR) is 74.8 cm³/mol. The Morgan fingerprint density at radius 1 is 1.44 bits per heavy atom. The summed E-state index contributed by atoms with van der Waals surface area (Å²) >= 11 is 1.69. The van der Waals surface area contributed by atoms with Crippen molar-refractivity contribution < 1.29 is 4.79 Å². The first-order valence-corrected chi connectivity index (χ1v) is 7.65. The zero-order valence-corrected chi connectivity index (χ0v) is 12.1. The highest BCUT2D eigenvalue weighted by molar-refractivity contribution is 7.09. The van der Waals surface area contributed by atoms with Crippen molar-refractivity contribution in [3.63, 3.8) is 0 Å². The molecule has 0 saturated heterocycles. The van der Waals surface area contributed by atoms with E-state index in [1.807, 2.05) is 6.92 Å². The van der Waals surface area contributed by atoms with Gasteiger partial charge in [-0.1, -0.05) is 12.8 Å². The van der Waals surface area contributed by atoms with Gasteiger partial charge in [-0.2, -0.15) is 0 Å². The Morgan fingerprint density at radius 2 is 2.28 bits per heavy atom. The number of aryl methyl sites for hydroxylation is 1. The van der Waals surface area contributed by atoms with Crippen molar-refractivity contribution in [3.05, 3.63) is 16.1 Å². The van der Waals surface area contributed by atoms with Crippen LogP contribution in [0.5, 0.6) is 0 Å². The lowest BCUT2D eigenvalue weighted by molar-refractivity contribution is -0.123. The summed E-state index contributed by atoms with van der Waals surface area (Å²) in [6, 6.07) is 0. The Kier molecular flexibility index (Phi) is 4.89. The first kappa shape index (κ1) is 13.7. The molecule has 100 valence electrons. The minimum Gasteiger partial charge on any atom is -0.300 e. The first-order chi connectivity index (χ1) is 8.65. The molecule has 3 nitrogen and oxygen atoms in total. The molecule has 0 N–H and O–H groups in total. The Hall–Kier alpha value is -0.740. The van der Waals surface area contributed by atoms with E-state index in [2.05, 4.69) is 22.3 Å². The van der Waals surface area contributed by atoms with E-state index in [1.165, 1.54) is 12.8 Å². The van der Waals surface area contributed by atoms with E-state index >= 15 is 0 Å². The van der Waals surface area contributed by atoms with Gasteiger partial charge in [0.1, 0.15) is 5.78 Å². The van der Waals surface area contributed by atoms with Crippen molar-refractivity contribution in [3.8, 4) is 0 Å². The summed E-state index contributed by atoms with van der Waals surface area (Å²) in [6.45, 7) is 3.77. The van der Waals surface area contributed by atoms with Crippen molar-refractivity contribution in [2.45, 2.75) is 45.6 Å². The molecule has 0 aromatic carbocycles. The van der Waals surface area contributed by atoms with Gasteiger partial charge in [0, 0.05) is 30.8 Å². The zero-order chi connectivity index (χ0) is 13.0. The third kappa shape index (κ3) is 3.89. The lowest BCUT2D eigenvalue weighted by Crippen LogP contribution is -2.29. The fraction of sp³-hybridized carbons (Fsp3) is 0.714. The summed E-state index contributed by atoms with van der Waals surface area (Å²) in [6.07, 6.45) is 5.37. The fourth-order valence-corrected chi connectivity index (χ4v) is 3.23. The van der Waals surface area contributed by atoms with Crippen LogP contribution in [-0.2, 0) is 11.3 Å². The highest BCUT2D eigenvalue weighted by Crippen LogP contribution is 2.21. The van der Waals surface area contributed by atoms with Crippen LogP contribution in [0.4, 0.5) is 0 Å². The Bertz CT molecular complexity index is 402. The molecule has 0 amide bonds. The molecule has 0 bridgehead atoms. The number of hydrogen-bond acceptors (Lipinski definition) is 4. The maximum Gasteiger partial charge on any atom is 0.137 e. The molecule has 1 aromatic rings. The third-order valence-electron chi connectivity index (χ3n) is 3.56. The van der Waals surface area contributed by atoms with Gasteiger partial charge in [-0.3, -0.25) is 9.69 Å². The molecule has 2 rings (SSSR count). The zero-order valence-electron chi connectivity index (χ0n) is 11.3. The number of nitrogens with zero attached hydrogens (tertiary/aromatic N) is 2. The fourth-order valence-electron chi connectivity index (χ4n) is 2.62. The van der Waals surface area contributed by atoms with Crippen LogP contribution < -0.4 is 0 Å². The second-order valence-corrected chi connectivity index (χ2v) is 6.38. The van der Waals surface area contributed by atoms with Gasteiger partial charge in [0.15, 0.2) is 0 Å². The van der Waals surface area contributed by atoms with E-state index in [9.17, 15) is 4.79 Å². The van der Waals surface area contributed by atoms with Crippen LogP contribution in [0.25, 0.3) is 0 Å². The number of carbonyl (C=O) groups excluding carboxylic acids is 1. The summed E-state index contributed by atoms with van der Waals surface area (Å²) in [5.74, 6) is 0.714. The quantitative estimate of drug-likeness (QED) is 0.785. The van der Waals surface area contributed by atoms with E-state index < -0.39 is 0 Å². The topological polar surface area (TPSA) is 33.2 Å². The van der Waals surface area contributed by atoms with Crippen LogP contribution in [0, 0.1) is 12.8 Å². The van der Waals surface area contributed by atoms with Gasteiger partial charge in [0.2, 0.25) is 0 Å². The molecule has 4 heteroatoms. The average Bonchev–Trinajstić information content (AvgIpc) is 2.61. The number of thiazole rings is 1. The standard InChI is InChI=1S/C14H22N2OS/c1-11-15-13(10-18-11)9-16(2)8-12-6-4-3-5-7-14(12)17/h10,12H,3-9H2,1-2H3. The minimum atomic E-state index is 0.247. The number of aromatic nitrogens is 1. The van der Waals surface area contributed by atoms with Crippen LogP contribution >= 0.6 is 11.3 Å². The molecule has 0 aliphatic heterocycles. The van der Waals surface area contributed by atoms with Gasteiger partial charge >= 0.3 is 0 Å². The van der Waals surface area contributed by atoms with Crippen molar-refractivity contribution in [1.29, 1.82) is 0 Å². The second-order valence-electron chi connectivity index (χ2n) is 5.32. The monoisotopic (exact) mass is 266 g/mol. The smallest absolute Gasteiger partial charge is 0.137 e. The summed E-state index contributed by atoms with van der Waals surface area (Å²) in [5.41, 5.74) is 1.13. The van der Waals surface area contributed by atoms with Crippen LogP contribution in [0.15, 0.2) is 5.38 Å².